The van der Waals surface area contributed by atoms with Gasteiger partial charge in [-0.15, -0.1) is 0 Å². The molecule has 0 bridgehead atoms. The SMILES string of the molecule is COC(=O)c1ccccc1Nc1cnc(C(=O)NCCC(C)C)cn1. The molecule has 1 aromatic carbocycles. The Kier molecular flexibility index (Phi) is 6.45. The fraction of sp³-hybridized carbons (Fsp3) is 0.333. The van der Waals surface area contributed by atoms with Crippen LogP contribution < -0.4 is 10.6 Å². The summed E-state index contributed by atoms with van der Waals surface area (Å²) >= 11 is 0. The van der Waals surface area contributed by atoms with E-state index >= 15 is 0 Å². The van der Waals surface area contributed by atoms with Gasteiger partial charge in [-0.05, 0) is 24.5 Å². The molecule has 0 aliphatic carbocycles. The predicted octanol–water partition coefficient (Wildman–Crippen LogP) is 2.78. The number of ether oxygens (including phenoxy) is 1. The highest BCUT2D eigenvalue weighted by Crippen LogP contribution is 2.19. The van der Waals surface area contributed by atoms with Gasteiger partial charge in [0.25, 0.3) is 5.91 Å². The standard InChI is InChI=1S/C18H22N4O3/c1-12(2)8-9-19-17(23)15-10-21-16(11-20-15)22-14-7-5-4-6-13(14)18(24)25-3/h4-7,10-12H,8-9H2,1-3H3,(H,19,23)(H,21,22). The number of nitrogens with one attached hydrogen (secondary N) is 2. The Morgan fingerprint density at radius 3 is 2.56 bits per heavy atom. The second-order valence-corrected chi connectivity index (χ2v) is 5.89. The molecule has 1 aromatic heterocycles. The van der Waals surface area contributed by atoms with Gasteiger partial charge in [0.2, 0.25) is 0 Å². The molecular formula is C18H22N4O3. The zero-order valence-electron chi connectivity index (χ0n) is 14.6. The van der Waals surface area contributed by atoms with Crippen molar-refractivity contribution in [2.45, 2.75) is 20.3 Å². The summed E-state index contributed by atoms with van der Waals surface area (Å²) in [5.74, 6) is 0.245. The summed E-state index contributed by atoms with van der Waals surface area (Å²) in [6, 6.07) is 6.92. The third-order valence-corrected chi connectivity index (χ3v) is 3.49. The van der Waals surface area contributed by atoms with E-state index in [4.69, 9.17) is 4.74 Å². The number of nitrogens with zero attached hydrogens (tertiary/aromatic N) is 2. The molecule has 132 valence electrons. The number of anilines is 2. The average Bonchev–Trinajstić information content (AvgIpc) is 2.61. The summed E-state index contributed by atoms with van der Waals surface area (Å²) in [6.07, 6.45) is 3.75. The van der Waals surface area contributed by atoms with Crippen molar-refractivity contribution in [3.63, 3.8) is 0 Å². The van der Waals surface area contributed by atoms with Crippen molar-refractivity contribution < 1.29 is 14.3 Å². The molecule has 25 heavy (non-hydrogen) atoms. The number of rotatable bonds is 7. The van der Waals surface area contributed by atoms with E-state index < -0.39 is 5.97 Å². The van der Waals surface area contributed by atoms with Crippen LogP contribution >= 0.6 is 0 Å². The third-order valence-electron chi connectivity index (χ3n) is 3.49. The quantitative estimate of drug-likeness (QED) is 0.752. The van der Waals surface area contributed by atoms with E-state index in [0.29, 0.717) is 29.5 Å². The Bertz CT molecular complexity index is 729. The Hall–Kier alpha value is -2.96. The summed E-state index contributed by atoms with van der Waals surface area (Å²) < 4.78 is 4.75. The van der Waals surface area contributed by atoms with Gasteiger partial charge in [0.05, 0.1) is 30.8 Å². The van der Waals surface area contributed by atoms with Crippen LogP contribution in [0, 0.1) is 5.92 Å². The Morgan fingerprint density at radius 1 is 1.16 bits per heavy atom. The second kappa shape index (κ2) is 8.77. The molecule has 2 aromatic rings. The molecule has 0 atom stereocenters. The lowest BCUT2D eigenvalue weighted by Gasteiger charge is -2.10. The fourth-order valence-corrected chi connectivity index (χ4v) is 2.09. The van der Waals surface area contributed by atoms with Gasteiger partial charge in [-0.25, -0.2) is 14.8 Å². The van der Waals surface area contributed by atoms with Crippen LogP contribution in [0.2, 0.25) is 0 Å². The Labute approximate surface area is 146 Å². The van der Waals surface area contributed by atoms with E-state index in [9.17, 15) is 9.59 Å². The van der Waals surface area contributed by atoms with Crippen molar-refractivity contribution in [2.75, 3.05) is 19.0 Å². The minimum Gasteiger partial charge on any atom is -0.465 e. The predicted molar refractivity (Wildman–Crippen MR) is 94.9 cm³/mol. The van der Waals surface area contributed by atoms with Gasteiger partial charge in [-0.2, -0.15) is 0 Å². The number of esters is 1. The van der Waals surface area contributed by atoms with Gasteiger partial charge in [0, 0.05) is 6.54 Å². The first-order chi connectivity index (χ1) is 12.0. The molecule has 7 nitrogen and oxygen atoms in total. The van der Waals surface area contributed by atoms with Crippen LogP contribution in [0.3, 0.4) is 0 Å². The van der Waals surface area contributed by atoms with Crippen molar-refractivity contribution in [3.05, 3.63) is 47.9 Å². The minimum atomic E-state index is -0.447. The second-order valence-electron chi connectivity index (χ2n) is 5.89. The fourth-order valence-electron chi connectivity index (χ4n) is 2.09. The molecule has 0 fully saturated rings. The van der Waals surface area contributed by atoms with Crippen molar-refractivity contribution in [1.82, 2.24) is 15.3 Å². The molecule has 0 radical (unpaired) electrons. The molecule has 0 aliphatic rings. The molecule has 0 aliphatic heterocycles. The zero-order valence-corrected chi connectivity index (χ0v) is 14.6. The number of methoxy groups -OCH3 is 1. The number of amides is 1. The number of aromatic nitrogens is 2. The molecular weight excluding hydrogens is 320 g/mol. The summed E-state index contributed by atoms with van der Waals surface area (Å²) in [5, 5.41) is 5.81. The van der Waals surface area contributed by atoms with Crippen LogP contribution in [0.1, 0.15) is 41.1 Å². The minimum absolute atomic E-state index is 0.246. The van der Waals surface area contributed by atoms with E-state index in [1.807, 2.05) is 0 Å². The number of hydrogen-bond acceptors (Lipinski definition) is 6. The van der Waals surface area contributed by atoms with Gasteiger partial charge < -0.3 is 15.4 Å². The normalized spacial score (nSPS) is 10.4. The van der Waals surface area contributed by atoms with Crippen molar-refractivity contribution in [1.29, 1.82) is 0 Å². The molecule has 0 unspecified atom stereocenters. The van der Waals surface area contributed by atoms with Gasteiger partial charge >= 0.3 is 5.97 Å². The molecule has 1 amide bonds. The van der Waals surface area contributed by atoms with Gasteiger partial charge in [-0.3, -0.25) is 4.79 Å². The highest BCUT2D eigenvalue weighted by Gasteiger charge is 2.12. The Morgan fingerprint density at radius 2 is 1.92 bits per heavy atom. The first-order valence-electron chi connectivity index (χ1n) is 8.06. The largest absolute Gasteiger partial charge is 0.465 e. The topological polar surface area (TPSA) is 93.2 Å². The summed E-state index contributed by atoms with van der Waals surface area (Å²) in [4.78, 5) is 32.0. The first kappa shape index (κ1) is 18.4. The highest BCUT2D eigenvalue weighted by atomic mass is 16.5. The van der Waals surface area contributed by atoms with Gasteiger partial charge in [0.15, 0.2) is 0 Å². The van der Waals surface area contributed by atoms with Gasteiger partial charge in [0.1, 0.15) is 11.5 Å². The van der Waals surface area contributed by atoms with Crippen molar-refractivity contribution >= 4 is 23.4 Å². The summed E-state index contributed by atoms with van der Waals surface area (Å²) in [7, 11) is 1.33. The summed E-state index contributed by atoms with van der Waals surface area (Å²) in [6.45, 7) is 4.79. The highest BCUT2D eigenvalue weighted by molar-refractivity contribution is 5.96. The van der Waals surface area contributed by atoms with E-state index in [0.717, 1.165) is 6.42 Å². The molecule has 0 saturated carbocycles. The summed E-state index contributed by atoms with van der Waals surface area (Å²) in [5.41, 5.74) is 1.19. The molecule has 1 heterocycles. The van der Waals surface area contributed by atoms with Crippen LogP contribution in [0.4, 0.5) is 11.5 Å². The average molecular weight is 342 g/mol. The van der Waals surface area contributed by atoms with Crippen LogP contribution in [0.25, 0.3) is 0 Å². The lowest BCUT2D eigenvalue weighted by Crippen LogP contribution is -2.26. The van der Waals surface area contributed by atoms with E-state index in [2.05, 4.69) is 34.4 Å². The van der Waals surface area contributed by atoms with Crippen LogP contribution in [0.15, 0.2) is 36.7 Å². The molecule has 2 rings (SSSR count). The van der Waals surface area contributed by atoms with Crippen molar-refractivity contribution in [3.8, 4) is 0 Å². The lowest BCUT2D eigenvalue weighted by atomic mass is 10.1. The molecule has 2 N–H and O–H groups in total. The third kappa shape index (κ3) is 5.27. The maximum atomic E-state index is 12.0. The maximum absolute atomic E-state index is 12.0. The van der Waals surface area contributed by atoms with E-state index in [1.165, 1.54) is 19.5 Å². The lowest BCUT2D eigenvalue weighted by molar-refractivity contribution is 0.0601. The monoisotopic (exact) mass is 342 g/mol. The number of carbonyl (C=O) groups is 2. The zero-order chi connectivity index (χ0) is 18.2. The van der Waals surface area contributed by atoms with Gasteiger partial charge in [-0.1, -0.05) is 26.0 Å². The first-order valence-corrected chi connectivity index (χ1v) is 8.06. The Balaban J connectivity index is 2.04. The number of para-hydroxylation sites is 1. The van der Waals surface area contributed by atoms with Crippen LogP contribution in [-0.4, -0.2) is 35.5 Å². The van der Waals surface area contributed by atoms with E-state index in [1.54, 1.807) is 24.3 Å². The smallest absolute Gasteiger partial charge is 0.339 e. The molecule has 0 saturated heterocycles. The number of benzene rings is 1. The van der Waals surface area contributed by atoms with Crippen LogP contribution in [-0.2, 0) is 4.74 Å². The molecule has 7 heteroatoms. The number of hydrogen-bond donors (Lipinski definition) is 2. The van der Waals surface area contributed by atoms with E-state index in [-0.39, 0.29) is 11.6 Å². The van der Waals surface area contributed by atoms with Crippen molar-refractivity contribution in [2.24, 2.45) is 5.92 Å². The molecule has 0 spiro atoms. The maximum Gasteiger partial charge on any atom is 0.339 e. The van der Waals surface area contributed by atoms with Crippen LogP contribution in [0.5, 0.6) is 0 Å². The number of carbonyl (C=O) groups excluding carboxylic acids is 2.